The van der Waals surface area contributed by atoms with Gasteiger partial charge in [0.15, 0.2) is 0 Å². The lowest BCUT2D eigenvalue weighted by atomic mass is 9.77. The van der Waals surface area contributed by atoms with E-state index in [4.69, 9.17) is 0 Å². The maximum absolute atomic E-state index is 9.42. The fraction of sp³-hybridized carbons (Fsp3) is 0.474. The average molecular weight is 283 g/mol. The van der Waals surface area contributed by atoms with Crippen molar-refractivity contribution in [1.82, 2.24) is 0 Å². The number of hydrogen-bond acceptors (Lipinski definition) is 2. The van der Waals surface area contributed by atoms with Crippen LogP contribution in [0.3, 0.4) is 0 Å². The van der Waals surface area contributed by atoms with E-state index in [-0.39, 0.29) is 6.61 Å². The number of nitrogens with one attached hydrogen (secondary N) is 1. The Hall–Kier alpha value is -1.54. The lowest BCUT2D eigenvalue weighted by Gasteiger charge is -2.39. The van der Waals surface area contributed by atoms with Gasteiger partial charge in [-0.2, -0.15) is 0 Å². The van der Waals surface area contributed by atoms with Gasteiger partial charge < -0.3 is 10.4 Å². The van der Waals surface area contributed by atoms with Gasteiger partial charge in [-0.15, -0.1) is 0 Å². The van der Waals surface area contributed by atoms with Gasteiger partial charge in [-0.05, 0) is 48.8 Å². The molecule has 112 valence electrons. The van der Waals surface area contributed by atoms with Crippen molar-refractivity contribution in [2.75, 3.05) is 11.9 Å². The van der Waals surface area contributed by atoms with E-state index in [2.05, 4.69) is 54.7 Å². The highest BCUT2D eigenvalue weighted by molar-refractivity contribution is 5.56. The fourth-order valence-corrected chi connectivity index (χ4v) is 3.65. The Kier molecular flexibility index (Phi) is 4.45. The van der Waals surface area contributed by atoms with Crippen molar-refractivity contribution in [2.24, 2.45) is 11.8 Å². The molecule has 0 saturated carbocycles. The highest BCUT2D eigenvalue weighted by atomic mass is 16.3. The van der Waals surface area contributed by atoms with E-state index in [1.54, 1.807) is 0 Å². The summed E-state index contributed by atoms with van der Waals surface area (Å²) in [5.74, 6) is 1.04. The number of benzene rings is 1. The minimum absolute atomic E-state index is 0.276. The van der Waals surface area contributed by atoms with Gasteiger partial charge in [0.1, 0.15) is 0 Å². The molecule has 1 aliphatic heterocycles. The predicted octanol–water partition coefficient (Wildman–Crippen LogP) is 3.72. The summed E-state index contributed by atoms with van der Waals surface area (Å²) in [5.41, 5.74) is 4.10. The molecule has 3 rings (SSSR count). The lowest BCUT2D eigenvalue weighted by molar-refractivity contribution is 0.230. The summed E-state index contributed by atoms with van der Waals surface area (Å²) >= 11 is 0. The average Bonchev–Trinajstić information content (AvgIpc) is 2.55. The molecule has 0 fully saturated rings. The van der Waals surface area contributed by atoms with Gasteiger partial charge in [0.25, 0.3) is 0 Å². The standard InChI is InChI=1S/C19H25NO/c1-2-14-8-9-18-17(12-14)13-16(10-11-21)19(20-18)15-6-4-3-5-7-15/h3-6,8-9,12,15-16,19-21H,2,7,10-11,13H2,1H3/t15?,16-,19+/m1/s1. The Morgan fingerprint density at radius 2 is 2.19 bits per heavy atom. The number of hydrogen-bond donors (Lipinski definition) is 2. The Morgan fingerprint density at radius 1 is 1.29 bits per heavy atom. The zero-order chi connectivity index (χ0) is 14.7. The van der Waals surface area contributed by atoms with E-state index in [1.807, 2.05) is 0 Å². The Labute approximate surface area is 127 Å². The van der Waals surface area contributed by atoms with E-state index in [0.29, 0.717) is 17.9 Å². The van der Waals surface area contributed by atoms with Crippen molar-refractivity contribution in [3.8, 4) is 0 Å². The van der Waals surface area contributed by atoms with Gasteiger partial charge >= 0.3 is 0 Å². The smallest absolute Gasteiger partial charge is 0.0434 e. The summed E-state index contributed by atoms with van der Waals surface area (Å²) < 4.78 is 0. The van der Waals surface area contributed by atoms with Gasteiger partial charge in [0.05, 0.1) is 0 Å². The Balaban J connectivity index is 1.86. The normalized spacial score (nSPS) is 27.2. The molecule has 0 spiro atoms. The van der Waals surface area contributed by atoms with Crippen LogP contribution >= 0.6 is 0 Å². The van der Waals surface area contributed by atoms with Gasteiger partial charge in [-0.3, -0.25) is 0 Å². The molecule has 1 aromatic rings. The second-order valence-corrected chi connectivity index (χ2v) is 6.20. The third-order valence-corrected chi connectivity index (χ3v) is 4.86. The zero-order valence-corrected chi connectivity index (χ0v) is 12.8. The van der Waals surface area contributed by atoms with Gasteiger partial charge in [0.2, 0.25) is 0 Å². The molecule has 3 atom stereocenters. The molecule has 2 N–H and O–H groups in total. The predicted molar refractivity (Wildman–Crippen MR) is 88.5 cm³/mol. The molecule has 1 aliphatic carbocycles. The van der Waals surface area contributed by atoms with E-state index in [1.165, 1.54) is 16.8 Å². The second-order valence-electron chi connectivity index (χ2n) is 6.20. The van der Waals surface area contributed by atoms with E-state index in [9.17, 15) is 5.11 Å². The fourth-order valence-electron chi connectivity index (χ4n) is 3.65. The molecule has 0 bridgehead atoms. The molecule has 2 heteroatoms. The van der Waals surface area contributed by atoms with Crippen LogP contribution in [0.15, 0.2) is 42.5 Å². The van der Waals surface area contributed by atoms with Gasteiger partial charge in [-0.25, -0.2) is 0 Å². The number of rotatable bonds is 4. The zero-order valence-electron chi connectivity index (χ0n) is 12.8. The second kappa shape index (κ2) is 6.48. The summed E-state index contributed by atoms with van der Waals surface area (Å²) in [7, 11) is 0. The summed E-state index contributed by atoms with van der Waals surface area (Å²) in [6, 6.07) is 7.22. The van der Waals surface area contributed by atoms with Gasteiger partial charge in [0, 0.05) is 24.3 Å². The summed E-state index contributed by atoms with van der Waals surface area (Å²) in [5, 5.41) is 13.2. The maximum Gasteiger partial charge on any atom is 0.0434 e. The minimum atomic E-state index is 0.276. The summed E-state index contributed by atoms with van der Waals surface area (Å²) in [6.45, 7) is 2.48. The van der Waals surface area contributed by atoms with E-state index in [0.717, 1.165) is 25.7 Å². The van der Waals surface area contributed by atoms with Crippen LogP contribution in [0.25, 0.3) is 0 Å². The SMILES string of the molecule is CCc1ccc2c(c1)C[C@@H](CCO)[C@H](C1C=CC=CC1)N2. The molecule has 0 saturated heterocycles. The topological polar surface area (TPSA) is 32.3 Å². The van der Waals surface area contributed by atoms with Crippen molar-refractivity contribution >= 4 is 5.69 Å². The first-order valence-electron chi connectivity index (χ1n) is 8.14. The highest BCUT2D eigenvalue weighted by Crippen LogP contribution is 2.36. The molecule has 0 radical (unpaired) electrons. The highest BCUT2D eigenvalue weighted by Gasteiger charge is 2.32. The van der Waals surface area contributed by atoms with Crippen LogP contribution in [0.4, 0.5) is 5.69 Å². The number of aliphatic hydroxyl groups excluding tert-OH is 1. The molecule has 0 aromatic heterocycles. The van der Waals surface area contributed by atoms with Gasteiger partial charge in [-0.1, -0.05) is 43.4 Å². The molecule has 1 unspecified atom stereocenters. The van der Waals surface area contributed by atoms with Crippen LogP contribution in [-0.2, 0) is 12.8 Å². The van der Waals surface area contributed by atoms with Crippen molar-refractivity contribution in [1.29, 1.82) is 0 Å². The Morgan fingerprint density at radius 3 is 2.90 bits per heavy atom. The van der Waals surface area contributed by atoms with Crippen molar-refractivity contribution in [3.05, 3.63) is 53.6 Å². The number of allylic oxidation sites excluding steroid dienone is 3. The quantitative estimate of drug-likeness (QED) is 0.882. The van der Waals surface area contributed by atoms with E-state index < -0.39 is 0 Å². The monoisotopic (exact) mass is 283 g/mol. The summed E-state index contributed by atoms with van der Waals surface area (Å²) in [6.07, 6.45) is 13.0. The van der Waals surface area contributed by atoms with E-state index >= 15 is 0 Å². The summed E-state index contributed by atoms with van der Waals surface area (Å²) in [4.78, 5) is 0. The molecule has 0 amide bonds. The first-order valence-corrected chi connectivity index (χ1v) is 8.14. The van der Waals surface area contributed by atoms with Crippen molar-refractivity contribution < 1.29 is 5.11 Å². The van der Waals surface area contributed by atoms with Crippen LogP contribution < -0.4 is 5.32 Å². The molecule has 1 aromatic carbocycles. The molecule has 2 aliphatic rings. The van der Waals surface area contributed by atoms with Crippen LogP contribution in [0, 0.1) is 11.8 Å². The van der Waals surface area contributed by atoms with Crippen LogP contribution in [-0.4, -0.2) is 17.8 Å². The molecule has 2 nitrogen and oxygen atoms in total. The molecule has 1 heterocycles. The van der Waals surface area contributed by atoms with Crippen LogP contribution in [0.2, 0.25) is 0 Å². The lowest BCUT2D eigenvalue weighted by Crippen LogP contribution is -2.41. The first-order chi connectivity index (χ1) is 10.3. The number of anilines is 1. The van der Waals surface area contributed by atoms with Crippen LogP contribution in [0.1, 0.15) is 30.9 Å². The third-order valence-electron chi connectivity index (χ3n) is 4.86. The minimum Gasteiger partial charge on any atom is -0.396 e. The third kappa shape index (κ3) is 3.06. The number of fused-ring (bicyclic) bond motifs is 1. The molecular formula is C19H25NO. The van der Waals surface area contributed by atoms with Crippen LogP contribution in [0.5, 0.6) is 0 Å². The first kappa shape index (κ1) is 14.4. The number of aliphatic hydroxyl groups is 1. The largest absolute Gasteiger partial charge is 0.396 e. The Bertz CT molecular complexity index is 546. The number of aryl methyl sites for hydroxylation is 1. The molecular weight excluding hydrogens is 258 g/mol. The van der Waals surface area contributed by atoms with Crippen molar-refractivity contribution in [2.45, 2.75) is 38.6 Å². The molecule has 21 heavy (non-hydrogen) atoms. The maximum atomic E-state index is 9.42. The van der Waals surface area contributed by atoms with Crippen molar-refractivity contribution in [3.63, 3.8) is 0 Å².